The molecule has 7 nitrogen and oxygen atoms in total. The lowest BCUT2D eigenvalue weighted by molar-refractivity contribution is -0.119. The van der Waals surface area contributed by atoms with E-state index in [4.69, 9.17) is 21.1 Å². The van der Waals surface area contributed by atoms with E-state index in [9.17, 15) is 4.79 Å². The summed E-state index contributed by atoms with van der Waals surface area (Å²) in [5.74, 6) is 0.785. The van der Waals surface area contributed by atoms with Crippen LogP contribution in [0.3, 0.4) is 0 Å². The summed E-state index contributed by atoms with van der Waals surface area (Å²) in [5.41, 5.74) is 1.57. The fourth-order valence-corrected chi connectivity index (χ4v) is 3.36. The van der Waals surface area contributed by atoms with Gasteiger partial charge in [0.15, 0.2) is 0 Å². The van der Waals surface area contributed by atoms with Gasteiger partial charge in [-0.25, -0.2) is 0 Å². The molecule has 3 rings (SSSR count). The highest BCUT2D eigenvalue weighted by Crippen LogP contribution is 2.37. The molecule has 8 heteroatoms. The predicted molar refractivity (Wildman–Crippen MR) is 95.5 cm³/mol. The third kappa shape index (κ3) is 3.57. The minimum Gasteiger partial charge on any atom is -0.495 e. The first-order valence-corrected chi connectivity index (χ1v) is 8.33. The van der Waals surface area contributed by atoms with Gasteiger partial charge in [0.05, 0.1) is 37.0 Å². The minimum absolute atomic E-state index is 0.0772. The second kappa shape index (κ2) is 7.33. The number of carbonyl (C=O) groups excluding carboxylic acids is 1. The molecule has 0 aliphatic carbocycles. The molecule has 2 N–H and O–H groups in total. The van der Waals surface area contributed by atoms with E-state index in [2.05, 4.69) is 15.7 Å². The first-order valence-electron chi connectivity index (χ1n) is 7.95. The normalized spacial score (nSPS) is 19.7. The molecule has 0 unspecified atom stereocenters. The van der Waals surface area contributed by atoms with E-state index < -0.39 is 0 Å². The van der Waals surface area contributed by atoms with Crippen molar-refractivity contribution in [3.63, 3.8) is 0 Å². The molecular weight excluding hydrogens is 344 g/mol. The zero-order valence-electron chi connectivity index (χ0n) is 14.4. The van der Waals surface area contributed by atoms with Gasteiger partial charge in [0.2, 0.25) is 5.91 Å². The molecule has 1 aromatic heterocycles. The van der Waals surface area contributed by atoms with Crippen LogP contribution in [0.4, 0.5) is 5.69 Å². The van der Waals surface area contributed by atoms with Gasteiger partial charge in [-0.15, -0.1) is 0 Å². The van der Waals surface area contributed by atoms with Crippen molar-refractivity contribution in [2.45, 2.75) is 5.92 Å². The van der Waals surface area contributed by atoms with Crippen LogP contribution in [-0.4, -0.2) is 43.0 Å². The average Bonchev–Trinajstić information content (AvgIpc) is 3.23. The Morgan fingerprint density at radius 2 is 2.08 bits per heavy atom. The summed E-state index contributed by atoms with van der Waals surface area (Å²) in [6.45, 7) is 1.35. The lowest BCUT2D eigenvalue weighted by Crippen LogP contribution is -2.28. The van der Waals surface area contributed by atoms with E-state index in [1.807, 2.05) is 19.4 Å². The summed E-state index contributed by atoms with van der Waals surface area (Å²) in [7, 11) is 4.93. The molecule has 1 saturated heterocycles. The Morgan fingerprint density at radius 1 is 1.32 bits per heavy atom. The highest BCUT2D eigenvalue weighted by Gasteiger charge is 2.35. The van der Waals surface area contributed by atoms with Crippen LogP contribution in [0.15, 0.2) is 24.5 Å². The molecule has 2 aromatic rings. The lowest BCUT2D eigenvalue weighted by Gasteiger charge is -2.19. The number of hydrogen-bond acceptors (Lipinski definition) is 5. The quantitative estimate of drug-likeness (QED) is 0.848. The average molecular weight is 365 g/mol. The Bertz CT molecular complexity index is 777. The molecule has 1 aromatic carbocycles. The Morgan fingerprint density at radius 3 is 2.72 bits per heavy atom. The molecule has 0 bridgehead atoms. The summed E-state index contributed by atoms with van der Waals surface area (Å²) in [6.07, 6.45) is 3.76. The highest BCUT2D eigenvalue weighted by molar-refractivity contribution is 6.32. The first kappa shape index (κ1) is 17.6. The summed E-state index contributed by atoms with van der Waals surface area (Å²) in [5, 5.41) is 10.8. The van der Waals surface area contributed by atoms with Crippen molar-refractivity contribution in [2.24, 2.45) is 13.0 Å². The van der Waals surface area contributed by atoms with Gasteiger partial charge in [-0.1, -0.05) is 11.6 Å². The number of carbonyl (C=O) groups is 1. The van der Waals surface area contributed by atoms with Crippen LogP contribution in [-0.2, 0) is 11.8 Å². The number of anilines is 1. The van der Waals surface area contributed by atoms with Crippen LogP contribution < -0.4 is 20.1 Å². The maximum absolute atomic E-state index is 12.8. The number of halogens is 1. The van der Waals surface area contributed by atoms with Gasteiger partial charge in [0.1, 0.15) is 11.5 Å². The van der Waals surface area contributed by atoms with E-state index in [0.29, 0.717) is 28.8 Å². The molecule has 2 heterocycles. The number of nitrogens with zero attached hydrogens (tertiary/aromatic N) is 2. The topological polar surface area (TPSA) is 77.4 Å². The van der Waals surface area contributed by atoms with Gasteiger partial charge in [0.25, 0.3) is 0 Å². The summed E-state index contributed by atoms with van der Waals surface area (Å²) < 4.78 is 12.3. The number of ether oxygens (including phenoxy) is 2. The molecule has 134 valence electrons. The van der Waals surface area contributed by atoms with Gasteiger partial charge < -0.3 is 20.1 Å². The lowest BCUT2D eigenvalue weighted by atomic mass is 9.90. The number of rotatable bonds is 5. The van der Waals surface area contributed by atoms with E-state index in [0.717, 1.165) is 12.1 Å². The van der Waals surface area contributed by atoms with Crippen LogP contribution in [0.1, 0.15) is 11.5 Å². The van der Waals surface area contributed by atoms with Crippen LogP contribution in [0, 0.1) is 5.92 Å². The van der Waals surface area contributed by atoms with Crippen molar-refractivity contribution in [1.82, 2.24) is 15.1 Å². The number of aromatic nitrogens is 2. The maximum Gasteiger partial charge on any atom is 0.229 e. The van der Waals surface area contributed by atoms with Crippen LogP contribution >= 0.6 is 11.6 Å². The zero-order chi connectivity index (χ0) is 18.0. The third-order valence-corrected chi connectivity index (χ3v) is 4.73. The fraction of sp³-hybridized carbons (Fsp3) is 0.412. The van der Waals surface area contributed by atoms with Crippen molar-refractivity contribution in [3.8, 4) is 11.5 Å². The monoisotopic (exact) mass is 364 g/mol. The molecule has 1 aliphatic heterocycles. The van der Waals surface area contributed by atoms with E-state index >= 15 is 0 Å². The second-order valence-corrected chi connectivity index (χ2v) is 6.40. The van der Waals surface area contributed by atoms with Crippen molar-refractivity contribution >= 4 is 23.2 Å². The molecule has 0 radical (unpaired) electrons. The third-order valence-electron chi connectivity index (χ3n) is 4.44. The largest absolute Gasteiger partial charge is 0.495 e. The maximum atomic E-state index is 12.8. The molecule has 2 atom stereocenters. The SMILES string of the molecule is COc1cc(OC)c(NC(=O)[C@H]2CNC[C@@H]2c2cnn(C)c2)cc1Cl. The van der Waals surface area contributed by atoms with Crippen molar-refractivity contribution in [1.29, 1.82) is 0 Å². The van der Waals surface area contributed by atoms with Crippen molar-refractivity contribution < 1.29 is 14.3 Å². The summed E-state index contributed by atoms with van der Waals surface area (Å²) in [4.78, 5) is 12.8. The second-order valence-electron chi connectivity index (χ2n) is 5.99. The number of benzene rings is 1. The highest BCUT2D eigenvalue weighted by atomic mass is 35.5. The summed E-state index contributed by atoms with van der Waals surface area (Å²) in [6, 6.07) is 3.29. The smallest absolute Gasteiger partial charge is 0.229 e. The Hall–Kier alpha value is -2.25. The van der Waals surface area contributed by atoms with E-state index in [1.54, 1.807) is 16.8 Å². The Kier molecular flexibility index (Phi) is 5.15. The fourth-order valence-electron chi connectivity index (χ4n) is 3.12. The standard InChI is InChI=1S/C17H21ClN4O3/c1-22-9-10(6-20-22)11-7-19-8-12(11)17(23)21-14-4-13(18)15(24-2)5-16(14)25-3/h4-6,9,11-12,19H,7-8H2,1-3H3,(H,21,23)/t11-,12+/m1/s1. The summed E-state index contributed by atoms with van der Waals surface area (Å²) >= 11 is 6.17. The van der Waals surface area contributed by atoms with Gasteiger partial charge in [-0.2, -0.15) is 5.10 Å². The molecule has 1 amide bonds. The number of methoxy groups -OCH3 is 2. The van der Waals surface area contributed by atoms with Gasteiger partial charge in [-0.3, -0.25) is 9.48 Å². The first-order chi connectivity index (χ1) is 12.0. The predicted octanol–water partition coefficient (Wildman–Crippen LogP) is 2.03. The number of hydrogen-bond donors (Lipinski definition) is 2. The molecule has 1 fully saturated rings. The number of aryl methyl sites for hydroxylation is 1. The van der Waals surface area contributed by atoms with Gasteiger partial charge in [-0.05, 0) is 11.6 Å². The molecular formula is C17H21ClN4O3. The molecule has 1 aliphatic rings. The van der Waals surface area contributed by atoms with E-state index in [-0.39, 0.29) is 17.7 Å². The van der Waals surface area contributed by atoms with Crippen LogP contribution in [0.2, 0.25) is 5.02 Å². The van der Waals surface area contributed by atoms with Crippen LogP contribution in [0.25, 0.3) is 0 Å². The van der Waals surface area contributed by atoms with Gasteiger partial charge in [0, 0.05) is 38.3 Å². The van der Waals surface area contributed by atoms with Crippen molar-refractivity contribution in [2.75, 3.05) is 32.6 Å². The van der Waals surface area contributed by atoms with E-state index in [1.165, 1.54) is 14.2 Å². The Labute approximate surface area is 151 Å². The van der Waals surface area contributed by atoms with Gasteiger partial charge >= 0.3 is 0 Å². The zero-order valence-corrected chi connectivity index (χ0v) is 15.1. The molecule has 0 saturated carbocycles. The Balaban J connectivity index is 1.81. The minimum atomic E-state index is -0.199. The molecule has 25 heavy (non-hydrogen) atoms. The van der Waals surface area contributed by atoms with Crippen LogP contribution in [0.5, 0.6) is 11.5 Å². The molecule has 0 spiro atoms. The van der Waals surface area contributed by atoms with Crippen molar-refractivity contribution in [3.05, 3.63) is 35.1 Å². The number of nitrogens with one attached hydrogen (secondary N) is 2. The number of amides is 1.